The summed E-state index contributed by atoms with van der Waals surface area (Å²) in [6.07, 6.45) is 0.0205. The van der Waals surface area contributed by atoms with Crippen molar-refractivity contribution in [2.75, 3.05) is 6.61 Å². The third kappa shape index (κ3) is 4.07. The van der Waals surface area contributed by atoms with Gasteiger partial charge in [-0.25, -0.2) is 13.6 Å². The molecule has 2 rings (SSSR count). The van der Waals surface area contributed by atoms with Gasteiger partial charge < -0.3 is 14.9 Å². The lowest BCUT2D eigenvalue weighted by atomic mass is 9.94. The number of aromatic hydroxyl groups is 1. The van der Waals surface area contributed by atoms with Crippen LogP contribution >= 0.6 is 11.6 Å². The van der Waals surface area contributed by atoms with E-state index in [1.165, 1.54) is 18.2 Å². The number of ether oxygens (including phenoxy) is 1. The molecule has 2 aromatic rings. The number of rotatable bonds is 6. The molecule has 26 heavy (non-hydrogen) atoms. The standard InChI is InChI=1S/C19H19ClF2O4/c1-9(2)16-13(23)5-4-11(18(16)21)7-12-10(3)6-14(19(22)17(12)20)26-8-15(24)25/h4-6,9,23H,7-8H2,1-3H3,(H,24,25). The number of halogens is 3. The summed E-state index contributed by atoms with van der Waals surface area (Å²) in [6.45, 7) is 4.47. The third-order valence-corrected chi connectivity index (χ3v) is 4.42. The first kappa shape index (κ1) is 20.0. The number of carboxylic acids is 1. The van der Waals surface area contributed by atoms with Gasteiger partial charge in [0, 0.05) is 12.0 Å². The Bertz CT molecular complexity index is 850. The normalized spacial score (nSPS) is 11.0. The summed E-state index contributed by atoms with van der Waals surface area (Å²) < 4.78 is 34.0. The molecule has 0 aromatic heterocycles. The molecule has 2 aromatic carbocycles. The van der Waals surface area contributed by atoms with E-state index in [2.05, 4.69) is 0 Å². The Morgan fingerprint density at radius 2 is 1.92 bits per heavy atom. The van der Waals surface area contributed by atoms with Gasteiger partial charge in [-0.3, -0.25) is 0 Å². The fraction of sp³-hybridized carbons (Fsp3) is 0.316. The van der Waals surface area contributed by atoms with Crippen LogP contribution in [-0.2, 0) is 11.2 Å². The van der Waals surface area contributed by atoms with E-state index in [0.717, 1.165) is 0 Å². The SMILES string of the molecule is Cc1cc(OCC(=O)O)c(F)c(Cl)c1Cc1ccc(O)c(C(C)C)c1F. The highest BCUT2D eigenvalue weighted by Gasteiger charge is 2.21. The highest BCUT2D eigenvalue weighted by atomic mass is 35.5. The fourth-order valence-corrected chi connectivity index (χ4v) is 3.04. The van der Waals surface area contributed by atoms with Crippen molar-refractivity contribution in [2.45, 2.75) is 33.1 Å². The van der Waals surface area contributed by atoms with E-state index in [1.807, 2.05) is 0 Å². The van der Waals surface area contributed by atoms with Crippen LogP contribution in [-0.4, -0.2) is 22.8 Å². The zero-order valence-electron chi connectivity index (χ0n) is 14.6. The Hall–Kier alpha value is -2.34. The number of hydrogen-bond acceptors (Lipinski definition) is 3. The summed E-state index contributed by atoms with van der Waals surface area (Å²) in [5.74, 6) is -3.32. The van der Waals surface area contributed by atoms with Crippen LogP contribution in [0.25, 0.3) is 0 Å². The maximum absolute atomic E-state index is 14.7. The first-order valence-electron chi connectivity index (χ1n) is 7.95. The summed E-state index contributed by atoms with van der Waals surface area (Å²) >= 11 is 6.08. The van der Waals surface area contributed by atoms with Gasteiger partial charge in [0.2, 0.25) is 0 Å². The Labute approximate surface area is 155 Å². The second-order valence-electron chi connectivity index (χ2n) is 6.28. The van der Waals surface area contributed by atoms with Gasteiger partial charge in [0.05, 0.1) is 5.02 Å². The van der Waals surface area contributed by atoms with Crippen LogP contribution in [0.15, 0.2) is 18.2 Å². The van der Waals surface area contributed by atoms with Crippen LogP contribution in [0, 0.1) is 18.6 Å². The molecule has 0 amide bonds. The van der Waals surface area contributed by atoms with Crippen molar-refractivity contribution < 1.29 is 28.5 Å². The molecule has 4 nitrogen and oxygen atoms in total. The second-order valence-corrected chi connectivity index (χ2v) is 6.66. The van der Waals surface area contributed by atoms with Gasteiger partial charge in [-0.05, 0) is 41.7 Å². The molecular formula is C19H19ClF2O4. The molecule has 0 radical (unpaired) electrons. The molecular weight excluding hydrogens is 366 g/mol. The summed E-state index contributed by atoms with van der Waals surface area (Å²) in [6, 6.07) is 4.16. The van der Waals surface area contributed by atoms with Crippen LogP contribution in [0.4, 0.5) is 8.78 Å². The number of aliphatic carboxylic acids is 1. The van der Waals surface area contributed by atoms with E-state index in [0.29, 0.717) is 11.1 Å². The molecule has 140 valence electrons. The van der Waals surface area contributed by atoms with E-state index >= 15 is 0 Å². The summed E-state index contributed by atoms with van der Waals surface area (Å²) in [4.78, 5) is 10.6. The van der Waals surface area contributed by atoms with Gasteiger partial charge in [-0.1, -0.05) is 31.5 Å². The van der Waals surface area contributed by atoms with Crippen molar-refractivity contribution >= 4 is 17.6 Å². The predicted octanol–water partition coefficient (Wildman–Crippen LogP) is 4.81. The molecule has 0 saturated heterocycles. The number of benzene rings is 2. The quantitative estimate of drug-likeness (QED) is 0.750. The maximum atomic E-state index is 14.7. The molecule has 0 heterocycles. The van der Waals surface area contributed by atoms with Gasteiger partial charge >= 0.3 is 5.97 Å². The van der Waals surface area contributed by atoms with Gasteiger partial charge in [0.1, 0.15) is 11.6 Å². The predicted molar refractivity (Wildman–Crippen MR) is 94.2 cm³/mol. The van der Waals surface area contributed by atoms with E-state index in [4.69, 9.17) is 21.4 Å². The first-order chi connectivity index (χ1) is 12.1. The number of aryl methyl sites for hydroxylation is 1. The topological polar surface area (TPSA) is 66.8 Å². The van der Waals surface area contributed by atoms with Crippen molar-refractivity contribution in [3.8, 4) is 11.5 Å². The number of phenolic OH excluding ortho intramolecular Hbond substituents is 1. The average molecular weight is 385 g/mol. The first-order valence-corrected chi connectivity index (χ1v) is 8.33. The summed E-state index contributed by atoms with van der Waals surface area (Å²) in [5, 5.41) is 18.2. The lowest BCUT2D eigenvalue weighted by Gasteiger charge is -2.16. The van der Waals surface area contributed by atoms with E-state index < -0.39 is 24.2 Å². The highest BCUT2D eigenvalue weighted by molar-refractivity contribution is 6.31. The molecule has 0 aliphatic rings. The molecule has 0 fully saturated rings. The molecule has 0 atom stereocenters. The van der Waals surface area contributed by atoms with Crippen LogP contribution in [0.1, 0.15) is 42.0 Å². The van der Waals surface area contributed by atoms with E-state index in [-0.39, 0.29) is 40.0 Å². The van der Waals surface area contributed by atoms with Crippen LogP contribution in [0.3, 0.4) is 0 Å². The number of hydrogen-bond donors (Lipinski definition) is 2. The molecule has 0 aliphatic heterocycles. The zero-order chi connectivity index (χ0) is 19.6. The van der Waals surface area contributed by atoms with Gasteiger partial charge in [0.15, 0.2) is 18.2 Å². The summed E-state index contributed by atoms with van der Waals surface area (Å²) in [7, 11) is 0. The average Bonchev–Trinajstić information content (AvgIpc) is 2.55. The largest absolute Gasteiger partial charge is 0.508 e. The van der Waals surface area contributed by atoms with E-state index in [1.54, 1.807) is 20.8 Å². The summed E-state index contributed by atoms with van der Waals surface area (Å²) in [5.41, 5.74) is 1.37. The molecule has 0 spiro atoms. The Kier molecular flexibility index (Phi) is 6.08. The minimum Gasteiger partial charge on any atom is -0.508 e. The van der Waals surface area contributed by atoms with Crippen molar-refractivity contribution in [3.63, 3.8) is 0 Å². The van der Waals surface area contributed by atoms with Crippen molar-refractivity contribution in [3.05, 3.63) is 57.1 Å². The molecule has 0 bridgehead atoms. The van der Waals surface area contributed by atoms with Crippen LogP contribution in [0.5, 0.6) is 11.5 Å². The Morgan fingerprint density at radius 3 is 2.50 bits per heavy atom. The Balaban J connectivity index is 2.44. The lowest BCUT2D eigenvalue weighted by molar-refractivity contribution is -0.139. The second kappa shape index (κ2) is 7.91. The van der Waals surface area contributed by atoms with Gasteiger partial charge in [-0.15, -0.1) is 0 Å². The molecule has 0 unspecified atom stereocenters. The number of phenols is 1. The van der Waals surface area contributed by atoms with E-state index in [9.17, 15) is 18.7 Å². The number of carboxylic acid groups (broad SMARTS) is 1. The van der Waals surface area contributed by atoms with Crippen molar-refractivity contribution in [1.82, 2.24) is 0 Å². The third-order valence-electron chi connectivity index (χ3n) is 4.03. The van der Waals surface area contributed by atoms with Gasteiger partial charge in [0.25, 0.3) is 0 Å². The fourth-order valence-electron chi connectivity index (χ4n) is 2.73. The molecule has 2 N–H and O–H groups in total. The smallest absolute Gasteiger partial charge is 0.341 e. The number of carbonyl (C=O) groups is 1. The van der Waals surface area contributed by atoms with Crippen molar-refractivity contribution in [1.29, 1.82) is 0 Å². The molecule has 0 saturated carbocycles. The van der Waals surface area contributed by atoms with Crippen LogP contribution in [0.2, 0.25) is 5.02 Å². The monoisotopic (exact) mass is 384 g/mol. The zero-order valence-corrected chi connectivity index (χ0v) is 15.3. The lowest BCUT2D eigenvalue weighted by Crippen LogP contribution is -2.11. The Morgan fingerprint density at radius 1 is 1.27 bits per heavy atom. The maximum Gasteiger partial charge on any atom is 0.341 e. The van der Waals surface area contributed by atoms with Gasteiger partial charge in [-0.2, -0.15) is 0 Å². The van der Waals surface area contributed by atoms with Crippen LogP contribution < -0.4 is 4.74 Å². The minimum absolute atomic E-state index is 0.0205. The minimum atomic E-state index is -1.24. The molecule has 0 aliphatic carbocycles. The van der Waals surface area contributed by atoms with Crippen molar-refractivity contribution in [2.24, 2.45) is 0 Å². The molecule has 7 heteroatoms. The highest BCUT2D eigenvalue weighted by Crippen LogP contribution is 2.35.